The molecule has 8 atom stereocenters. The van der Waals surface area contributed by atoms with Gasteiger partial charge in [-0.25, -0.2) is 0 Å². The molecule has 0 heterocycles. The molecular formula is C23H36O5. The highest BCUT2D eigenvalue weighted by Gasteiger charge is 2.50. The predicted molar refractivity (Wildman–Crippen MR) is 104 cm³/mol. The van der Waals surface area contributed by atoms with Crippen molar-refractivity contribution in [3.8, 4) is 0 Å². The fourth-order valence-electron chi connectivity index (χ4n) is 7.44. The van der Waals surface area contributed by atoms with E-state index in [9.17, 15) is 14.7 Å². The maximum absolute atomic E-state index is 11.9. The summed E-state index contributed by atoms with van der Waals surface area (Å²) in [4.78, 5) is 22.4. The van der Waals surface area contributed by atoms with Gasteiger partial charge in [-0.2, -0.15) is 0 Å². The summed E-state index contributed by atoms with van der Waals surface area (Å²) in [6, 6.07) is 0. The van der Waals surface area contributed by atoms with E-state index in [0.717, 1.165) is 42.4 Å². The van der Waals surface area contributed by atoms with Gasteiger partial charge in [0, 0.05) is 18.8 Å². The number of fused-ring (bicyclic) bond motifs is 5. The zero-order valence-corrected chi connectivity index (χ0v) is 16.9. The van der Waals surface area contributed by atoms with E-state index in [2.05, 4.69) is 0 Å². The Hall–Kier alpha value is -1.10. The molecule has 4 fully saturated rings. The normalized spacial score (nSPS) is 40.7. The number of aliphatic hydroxyl groups excluding tert-OH is 1. The summed E-state index contributed by atoms with van der Waals surface area (Å²) in [6.07, 6.45) is 12.2. The minimum Gasteiger partial charge on any atom is -0.481 e. The Morgan fingerprint density at radius 1 is 0.821 bits per heavy atom. The van der Waals surface area contributed by atoms with E-state index in [1.807, 2.05) is 0 Å². The summed E-state index contributed by atoms with van der Waals surface area (Å²) in [6.45, 7) is 0. The van der Waals surface area contributed by atoms with Crippen LogP contribution in [0.4, 0.5) is 0 Å². The van der Waals surface area contributed by atoms with E-state index in [-0.39, 0.29) is 25.2 Å². The van der Waals surface area contributed by atoms with Crippen molar-refractivity contribution in [1.29, 1.82) is 0 Å². The van der Waals surface area contributed by atoms with Crippen LogP contribution in [0.1, 0.15) is 83.5 Å². The first-order chi connectivity index (χ1) is 13.5. The first-order valence-corrected chi connectivity index (χ1v) is 11.6. The van der Waals surface area contributed by atoms with Crippen molar-refractivity contribution in [2.45, 2.75) is 89.8 Å². The average molecular weight is 393 g/mol. The molecule has 0 aromatic carbocycles. The molecule has 0 bridgehead atoms. The van der Waals surface area contributed by atoms with Crippen molar-refractivity contribution in [2.75, 3.05) is 0 Å². The third-order valence-electron chi connectivity index (χ3n) is 8.62. The summed E-state index contributed by atoms with van der Waals surface area (Å²) < 4.78 is 5.24. The number of carboxylic acid groups (broad SMARTS) is 1. The SMILES string of the molecule is O=C(O)CCCC(=O)OC(O)C1CC[C@H]2C(CC[C@H]3[C@@H]4CCC[C@H]4CC[C@@H]32)C1. The minimum atomic E-state index is -1.03. The van der Waals surface area contributed by atoms with Gasteiger partial charge in [-0.05, 0) is 93.3 Å². The molecule has 0 spiro atoms. The van der Waals surface area contributed by atoms with Gasteiger partial charge in [0.25, 0.3) is 0 Å². The van der Waals surface area contributed by atoms with E-state index in [1.165, 1.54) is 51.4 Å². The van der Waals surface area contributed by atoms with Gasteiger partial charge in [-0.3, -0.25) is 9.59 Å². The molecule has 2 N–H and O–H groups in total. The number of aliphatic hydroxyl groups is 1. The first kappa shape index (κ1) is 20.2. The van der Waals surface area contributed by atoms with E-state index >= 15 is 0 Å². The summed E-state index contributed by atoms with van der Waals surface area (Å²) in [5.41, 5.74) is 0. The number of carboxylic acids is 1. The zero-order valence-electron chi connectivity index (χ0n) is 16.9. The first-order valence-electron chi connectivity index (χ1n) is 11.6. The molecule has 0 amide bonds. The number of rotatable bonds is 6. The highest BCUT2D eigenvalue weighted by Crippen LogP contribution is 2.58. The van der Waals surface area contributed by atoms with E-state index in [1.54, 1.807) is 0 Å². The number of ether oxygens (including phenoxy) is 1. The molecule has 4 rings (SSSR count). The number of hydrogen-bond donors (Lipinski definition) is 2. The van der Waals surface area contributed by atoms with Crippen LogP contribution in [0.25, 0.3) is 0 Å². The molecule has 0 aromatic heterocycles. The second-order valence-corrected chi connectivity index (χ2v) is 9.96. The number of hydrogen-bond acceptors (Lipinski definition) is 4. The topological polar surface area (TPSA) is 83.8 Å². The number of carbonyl (C=O) groups is 2. The van der Waals surface area contributed by atoms with Crippen LogP contribution < -0.4 is 0 Å². The maximum atomic E-state index is 11.9. The standard InChI is InChI=1S/C23H36O5/c24-21(25)5-2-6-22(26)28-23(27)16-9-10-18-15(13-16)8-12-19-17-4-1-3-14(17)7-11-20(18)19/h14-20,23,27H,1-13H2,(H,24,25)/t14-,15?,16?,17+,18-,19-,20+,23?/m0/s1. The molecule has 0 saturated heterocycles. The summed E-state index contributed by atoms with van der Waals surface area (Å²) in [5.74, 6) is 4.02. The van der Waals surface area contributed by atoms with Crippen LogP contribution >= 0.6 is 0 Å². The van der Waals surface area contributed by atoms with Crippen LogP contribution in [0.2, 0.25) is 0 Å². The van der Waals surface area contributed by atoms with Crippen LogP contribution in [-0.2, 0) is 14.3 Å². The molecule has 5 nitrogen and oxygen atoms in total. The van der Waals surface area contributed by atoms with Gasteiger partial charge in [0.05, 0.1) is 0 Å². The van der Waals surface area contributed by atoms with E-state index in [4.69, 9.17) is 9.84 Å². The fraction of sp³-hybridized carbons (Fsp3) is 0.913. The van der Waals surface area contributed by atoms with Crippen molar-refractivity contribution < 1.29 is 24.5 Å². The molecule has 4 aliphatic carbocycles. The highest BCUT2D eigenvalue weighted by atomic mass is 16.6. The molecule has 28 heavy (non-hydrogen) atoms. The van der Waals surface area contributed by atoms with Crippen LogP contribution in [0.3, 0.4) is 0 Å². The average Bonchev–Trinajstić information content (AvgIpc) is 3.16. The van der Waals surface area contributed by atoms with Gasteiger partial charge in [0.15, 0.2) is 0 Å². The predicted octanol–water partition coefficient (Wildman–Crippen LogP) is 4.37. The second kappa shape index (κ2) is 8.73. The van der Waals surface area contributed by atoms with Gasteiger partial charge < -0.3 is 14.9 Å². The minimum absolute atomic E-state index is 0.0389. The highest BCUT2D eigenvalue weighted by molar-refractivity contribution is 5.71. The molecule has 0 aromatic rings. The molecule has 3 unspecified atom stereocenters. The molecule has 158 valence electrons. The third kappa shape index (κ3) is 4.24. The fourth-order valence-corrected chi connectivity index (χ4v) is 7.44. The number of esters is 1. The van der Waals surface area contributed by atoms with E-state index < -0.39 is 18.2 Å². The largest absolute Gasteiger partial charge is 0.481 e. The lowest BCUT2D eigenvalue weighted by atomic mass is 9.53. The van der Waals surface area contributed by atoms with Gasteiger partial charge in [-0.1, -0.05) is 12.8 Å². The Morgan fingerprint density at radius 2 is 1.50 bits per heavy atom. The van der Waals surface area contributed by atoms with Crippen LogP contribution in [-0.4, -0.2) is 28.4 Å². The Kier molecular flexibility index (Phi) is 6.29. The lowest BCUT2D eigenvalue weighted by molar-refractivity contribution is -0.183. The van der Waals surface area contributed by atoms with Crippen molar-refractivity contribution in [2.24, 2.45) is 41.4 Å². The molecule has 4 aliphatic rings. The number of aliphatic carboxylic acids is 1. The van der Waals surface area contributed by atoms with Gasteiger partial charge in [0.1, 0.15) is 0 Å². The lowest BCUT2D eigenvalue weighted by Gasteiger charge is -2.53. The second-order valence-electron chi connectivity index (χ2n) is 9.96. The zero-order chi connectivity index (χ0) is 19.7. The van der Waals surface area contributed by atoms with Gasteiger partial charge in [0.2, 0.25) is 6.29 Å². The van der Waals surface area contributed by atoms with Crippen molar-refractivity contribution >= 4 is 11.9 Å². The Bertz CT molecular complexity index is 575. The lowest BCUT2D eigenvalue weighted by Crippen LogP contribution is -2.45. The molecular weight excluding hydrogens is 356 g/mol. The Labute approximate surface area is 168 Å². The summed E-state index contributed by atoms with van der Waals surface area (Å²) in [5, 5.41) is 19.1. The summed E-state index contributed by atoms with van der Waals surface area (Å²) in [7, 11) is 0. The van der Waals surface area contributed by atoms with Crippen molar-refractivity contribution in [3.63, 3.8) is 0 Å². The molecule has 0 radical (unpaired) electrons. The quantitative estimate of drug-likeness (QED) is 0.518. The number of carbonyl (C=O) groups excluding carboxylic acids is 1. The van der Waals surface area contributed by atoms with Crippen molar-refractivity contribution in [3.05, 3.63) is 0 Å². The maximum Gasteiger partial charge on any atom is 0.308 e. The van der Waals surface area contributed by atoms with Crippen molar-refractivity contribution in [1.82, 2.24) is 0 Å². The summed E-state index contributed by atoms with van der Waals surface area (Å²) >= 11 is 0. The monoisotopic (exact) mass is 392 g/mol. The molecule has 0 aliphatic heterocycles. The third-order valence-corrected chi connectivity index (χ3v) is 8.62. The Balaban J connectivity index is 1.27. The Morgan fingerprint density at radius 3 is 2.25 bits per heavy atom. The molecule has 4 saturated carbocycles. The van der Waals surface area contributed by atoms with Crippen LogP contribution in [0.5, 0.6) is 0 Å². The van der Waals surface area contributed by atoms with Gasteiger partial charge in [-0.15, -0.1) is 0 Å². The van der Waals surface area contributed by atoms with Gasteiger partial charge >= 0.3 is 11.9 Å². The van der Waals surface area contributed by atoms with E-state index in [0.29, 0.717) is 5.92 Å². The van der Waals surface area contributed by atoms with Crippen LogP contribution in [0.15, 0.2) is 0 Å². The van der Waals surface area contributed by atoms with Crippen LogP contribution in [0, 0.1) is 41.4 Å². The molecule has 5 heteroatoms. The smallest absolute Gasteiger partial charge is 0.308 e.